The molecule has 1 saturated heterocycles. The first-order valence-electron chi connectivity index (χ1n) is 7.42. The minimum Gasteiger partial charge on any atom is -0.490 e. The number of rotatable bonds is 6. The van der Waals surface area contributed by atoms with E-state index < -0.39 is 4.92 Å². The van der Waals surface area contributed by atoms with Gasteiger partial charge in [-0.1, -0.05) is 0 Å². The zero-order valence-electron chi connectivity index (χ0n) is 13.2. The summed E-state index contributed by atoms with van der Waals surface area (Å²) in [5, 5.41) is 14.2. The minimum absolute atomic E-state index is 0.0251. The molecule has 0 aromatic heterocycles. The van der Waals surface area contributed by atoms with Crippen LogP contribution in [0.1, 0.15) is 13.8 Å². The third-order valence-corrected chi connectivity index (χ3v) is 3.96. The van der Waals surface area contributed by atoms with Gasteiger partial charge in [0.05, 0.1) is 25.2 Å². The summed E-state index contributed by atoms with van der Waals surface area (Å²) in [6, 6.07) is 5.57. The Morgan fingerprint density at radius 1 is 1.59 bits per heavy atom. The van der Waals surface area contributed by atoms with Crippen LogP contribution in [0.5, 0.6) is 5.75 Å². The van der Waals surface area contributed by atoms with Gasteiger partial charge in [0.1, 0.15) is 0 Å². The normalized spacial score (nSPS) is 20.4. The largest absolute Gasteiger partial charge is 0.490 e. The van der Waals surface area contributed by atoms with Gasteiger partial charge in [-0.15, -0.1) is 0 Å². The van der Waals surface area contributed by atoms with Crippen LogP contribution in [-0.4, -0.2) is 55.3 Å². The van der Waals surface area contributed by atoms with E-state index in [1.165, 1.54) is 13.2 Å². The second-order valence-electron chi connectivity index (χ2n) is 5.54. The van der Waals surface area contributed by atoms with E-state index in [1.807, 2.05) is 0 Å². The molecule has 1 aromatic carbocycles. The lowest BCUT2D eigenvalue weighted by Gasteiger charge is -2.38. The quantitative estimate of drug-likeness (QED) is 0.641. The van der Waals surface area contributed by atoms with Crippen molar-refractivity contribution in [3.63, 3.8) is 0 Å². The fourth-order valence-electron chi connectivity index (χ4n) is 2.72. The maximum Gasteiger partial charge on any atom is 0.311 e. The van der Waals surface area contributed by atoms with Crippen molar-refractivity contribution >= 4 is 11.4 Å². The number of methoxy groups -OCH3 is 1. The summed E-state index contributed by atoms with van der Waals surface area (Å²) < 4.78 is 10.5. The highest BCUT2D eigenvalue weighted by molar-refractivity contribution is 5.58. The molecule has 1 heterocycles. The van der Waals surface area contributed by atoms with E-state index in [1.54, 1.807) is 12.1 Å². The molecule has 1 aromatic rings. The number of hydrogen-bond donors (Lipinski definition) is 1. The Bertz CT molecular complexity index is 524. The molecule has 0 spiro atoms. The van der Waals surface area contributed by atoms with Crippen molar-refractivity contribution in [1.82, 2.24) is 4.90 Å². The van der Waals surface area contributed by atoms with E-state index in [2.05, 4.69) is 24.1 Å². The molecule has 2 atom stereocenters. The number of nitrogens with zero attached hydrogens (tertiary/aromatic N) is 2. The van der Waals surface area contributed by atoms with Gasteiger partial charge in [-0.3, -0.25) is 15.0 Å². The van der Waals surface area contributed by atoms with Crippen molar-refractivity contribution < 1.29 is 14.4 Å². The van der Waals surface area contributed by atoms with Gasteiger partial charge in [-0.2, -0.15) is 0 Å². The van der Waals surface area contributed by atoms with Crippen LogP contribution in [0.4, 0.5) is 11.4 Å². The molecule has 1 aliphatic heterocycles. The standard InChI is InChI=1S/C15H23N3O4/c1-11(17-6-7-22-10-12(17)2)9-16-13-4-5-14(18(19)20)15(8-13)21-3/h4-5,8,11-12,16H,6-7,9-10H2,1-3H3/t11-,12+/m0/s1. The maximum atomic E-state index is 10.9. The van der Waals surface area contributed by atoms with E-state index in [-0.39, 0.29) is 11.4 Å². The van der Waals surface area contributed by atoms with E-state index in [0.29, 0.717) is 12.1 Å². The third-order valence-electron chi connectivity index (χ3n) is 3.96. The lowest BCUT2D eigenvalue weighted by molar-refractivity contribution is -0.385. The molecule has 0 unspecified atom stereocenters. The lowest BCUT2D eigenvalue weighted by Crippen LogP contribution is -2.50. The summed E-state index contributed by atoms with van der Waals surface area (Å²) in [5.41, 5.74) is 0.790. The first-order valence-corrected chi connectivity index (χ1v) is 7.42. The van der Waals surface area contributed by atoms with Crippen LogP contribution in [0.3, 0.4) is 0 Å². The Labute approximate surface area is 130 Å². The van der Waals surface area contributed by atoms with Gasteiger partial charge < -0.3 is 14.8 Å². The van der Waals surface area contributed by atoms with E-state index in [4.69, 9.17) is 9.47 Å². The second-order valence-corrected chi connectivity index (χ2v) is 5.54. The molecule has 2 rings (SSSR count). The van der Waals surface area contributed by atoms with Crippen molar-refractivity contribution in [2.45, 2.75) is 25.9 Å². The molecule has 0 bridgehead atoms. The average Bonchev–Trinajstić information content (AvgIpc) is 2.52. The predicted molar refractivity (Wildman–Crippen MR) is 84.6 cm³/mol. The fraction of sp³-hybridized carbons (Fsp3) is 0.600. The number of morpholine rings is 1. The van der Waals surface area contributed by atoms with Crippen molar-refractivity contribution in [3.8, 4) is 5.75 Å². The van der Waals surface area contributed by atoms with Crippen molar-refractivity contribution in [2.24, 2.45) is 0 Å². The van der Waals surface area contributed by atoms with E-state index in [9.17, 15) is 10.1 Å². The number of nitro groups is 1. The summed E-state index contributed by atoms with van der Waals surface area (Å²) in [6.07, 6.45) is 0. The van der Waals surface area contributed by atoms with E-state index >= 15 is 0 Å². The van der Waals surface area contributed by atoms with E-state index in [0.717, 1.165) is 32.0 Å². The number of nitro benzene ring substituents is 1. The summed E-state index contributed by atoms with van der Waals surface area (Å²) in [4.78, 5) is 12.8. The SMILES string of the molecule is COc1cc(NC[C@H](C)N2CCOC[C@H]2C)ccc1[N+](=O)[O-]. The molecular weight excluding hydrogens is 286 g/mol. The number of hydrogen-bond acceptors (Lipinski definition) is 6. The van der Waals surface area contributed by atoms with Crippen LogP contribution in [0, 0.1) is 10.1 Å². The smallest absolute Gasteiger partial charge is 0.311 e. The molecule has 1 aliphatic rings. The molecule has 0 aliphatic carbocycles. The number of nitrogens with one attached hydrogen (secondary N) is 1. The first-order chi connectivity index (χ1) is 10.5. The second kappa shape index (κ2) is 7.42. The Balaban J connectivity index is 1.97. The molecule has 1 fully saturated rings. The molecule has 1 N–H and O–H groups in total. The third kappa shape index (κ3) is 3.86. The van der Waals surface area contributed by atoms with Gasteiger partial charge in [0.15, 0.2) is 5.75 Å². The summed E-state index contributed by atoms with van der Waals surface area (Å²) in [5.74, 6) is 0.266. The van der Waals surface area contributed by atoms with Gasteiger partial charge in [0.25, 0.3) is 0 Å². The highest BCUT2D eigenvalue weighted by Gasteiger charge is 2.23. The highest BCUT2D eigenvalue weighted by Crippen LogP contribution is 2.29. The zero-order valence-corrected chi connectivity index (χ0v) is 13.2. The Hall–Kier alpha value is -1.86. The van der Waals surface area contributed by atoms with Crippen molar-refractivity contribution in [2.75, 3.05) is 38.7 Å². The number of ether oxygens (including phenoxy) is 2. The Morgan fingerprint density at radius 3 is 3.00 bits per heavy atom. The summed E-state index contributed by atoms with van der Waals surface area (Å²) >= 11 is 0. The molecule has 0 radical (unpaired) electrons. The first kappa shape index (κ1) is 16.5. The Morgan fingerprint density at radius 2 is 2.36 bits per heavy atom. The van der Waals surface area contributed by atoms with Crippen molar-refractivity contribution in [1.29, 1.82) is 0 Å². The topological polar surface area (TPSA) is 76.9 Å². The van der Waals surface area contributed by atoms with Crippen molar-refractivity contribution in [3.05, 3.63) is 28.3 Å². The van der Waals surface area contributed by atoms with Crippen LogP contribution < -0.4 is 10.1 Å². The van der Waals surface area contributed by atoms with Gasteiger partial charge in [-0.05, 0) is 19.9 Å². The van der Waals surface area contributed by atoms with Crippen LogP contribution in [0.2, 0.25) is 0 Å². The number of benzene rings is 1. The van der Waals surface area contributed by atoms with Gasteiger partial charge in [0.2, 0.25) is 0 Å². The predicted octanol–water partition coefficient (Wildman–Crippen LogP) is 2.12. The zero-order chi connectivity index (χ0) is 16.1. The molecule has 0 saturated carbocycles. The molecule has 0 amide bonds. The van der Waals surface area contributed by atoms with Crippen LogP contribution in [0.15, 0.2) is 18.2 Å². The average molecular weight is 309 g/mol. The lowest BCUT2D eigenvalue weighted by atomic mass is 10.1. The van der Waals surface area contributed by atoms with Crippen LogP contribution in [-0.2, 0) is 4.74 Å². The Kier molecular flexibility index (Phi) is 5.57. The fourth-order valence-corrected chi connectivity index (χ4v) is 2.72. The monoisotopic (exact) mass is 309 g/mol. The summed E-state index contributed by atoms with van der Waals surface area (Å²) in [6.45, 7) is 7.52. The minimum atomic E-state index is -0.444. The maximum absolute atomic E-state index is 10.9. The van der Waals surface area contributed by atoms with Gasteiger partial charge in [-0.25, -0.2) is 0 Å². The van der Waals surface area contributed by atoms with Crippen LogP contribution >= 0.6 is 0 Å². The van der Waals surface area contributed by atoms with Crippen LogP contribution in [0.25, 0.3) is 0 Å². The van der Waals surface area contributed by atoms with Gasteiger partial charge >= 0.3 is 5.69 Å². The summed E-state index contributed by atoms with van der Waals surface area (Å²) in [7, 11) is 1.43. The highest BCUT2D eigenvalue weighted by atomic mass is 16.6. The molecular formula is C15H23N3O4. The molecule has 7 nitrogen and oxygen atoms in total. The molecule has 7 heteroatoms. The molecule has 22 heavy (non-hydrogen) atoms. The molecule has 122 valence electrons. The van der Waals surface area contributed by atoms with Gasteiger partial charge in [0, 0.05) is 43.0 Å². The number of anilines is 1.